The Morgan fingerprint density at radius 1 is 0.688 bits per heavy atom. The molecule has 0 amide bonds. The van der Waals surface area contributed by atoms with Crippen LogP contribution >= 0.6 is 0 Å². The highest BCUT2D eigenvalue weighted by Gasteiger charge is 2.30. The number of ether oxygens (including phenoxy) is 2. The Morgan fingerprint density at radius 3 is 1.50 bits per heavy atom. The third-order valence-electron chi connectivity index (χ3n) is 7.91. The van der Waals surface area contributed by atoms with E-state index in [1.807, 2.05) is 20.8 Å². The average Bonchev–Trinajstić information content (AvgIpc) is 2.79. The molecule has 3 nitrogen and oxygen atoms in total. The van der Waals surface area contributed by atoms with Gasteiger partial charge in [-0.25, -0.2) is 4.79 Å². The molecule has 0 unspecified atom stereocenters. The third-order valence-corrected chi connectivity index (χ3v) is 7.91. The fourth-order valence-corrected chi connectivity index (χ4v) is 6.28. The molecule has 0 N–H and O–H groups in total. The molecule has 0 saturated heterocycles. The van der Waals surface area contributed by atoms with Gasteiger partial charge in [-0.05, 0) is 93.7 Å². The molecule has 0 bridgehead atoms. The maximum absolute atomic E-state index is 12.8. The van der Waals surface area contributed by atoms with E-state index >= 15 is 0 Å². The van der Waals surface area contributed by atoms with Crippen LogP contribution in [0.25, 0.3) is 0 Å². The van der Waals surface area contributed by atoms with Crippen LogP contribution in [0, 0.1) is 0 Å². The van der Waals surface area contributed by atoms with E-state index in [0.29, 0.717) is 17.8 Å². The van der Waals surface area contributed by atoms with Crippen molar-refractivity contribution in [3.05, 3.63) is 28.8 Å². The summed E-state index contributed by atoms with van der Waals surface area (Å²) < 4.78 is 11.8. The molecule has 3 saturated carbocycles. The molecular formula is C29H44O3. The van der Waals surface area contributed by atoms with Crippen LogP contribution < -0.4 is 4.74 Å². The molecule has 1 aromatic carbocycles. The highest BCUT2D eigenvalue weighted by atomic mass is 16.7. The molecule has 1 aromatic rings. The maximum atomic E-state index is 12.8. The smallest absolute Gasteiger partial charge is 0.428 e. The van der Waals surface area contributed by atoms with Gasteiger partial charge in [-0.3, -0.25) is 0 Å². The third kappa shape index (κ3) is 6.08. The first-order valence-electron chi connectivity index (χ1n) is 13.5. The Bertz CT molecular complexity index is 718. The summed E-state index contributed by atoms with van der Waals surface area (Å²) in [5.41, 5.74) is 3.58. The Labute approximate surface area is 195 Å². The highest BCUT2D eigenvalue weighted by molar-refractivity contribution is 5.67. The summed E-state index contributed by atoms with van der Waals surface area (Å²) in [7, 11) is 0. The van der Waals surface area contributed by atoms with E-state index in [4.69, 9.17) is 9.47 Å². The van der Waals surface area contributed by atoms with Gasteiger partial charge in [0.1, 0.15) is 11.4 Å². The van der Waals surface area contributed by atoms with E-state index in [1.165, 1.54) is 113 Å². The first kappa shape index (κ1) is 23.6. The van der Waals surface area contributed by atoms with Gasteiger partial charge in [-0.1, -0.05) is 69.9 Å². The minimum Gasteiger partial charge on any atom is -0.428 e. The second kappa shape index (κ2) is 10.6. The van der Waals surface area contributed by atoms with Gasteiger partial charge in [0.2, 0.25) is 0 Å². The molecule has 178 valence electrons. The van der Waals surface area contributed by atoms with Crippen LogP contribution in [0.4, 0.5) is 4.79 Å². The number of benzene rings is 1. The van der Waals surface area contributed by atoms with Gasteiger partial charge in [0.05, 0.1) is 0 Å². The second-order valence-electron chi connectivity index (χ2n) is 11.6. The van der Waals surface area contributed by atoms with Crippen molar-refractivity contribution in [1.82, 2.24) is 0 Å². The normalized spacial score (nSPS) is 22.0. The Morgan fingerprint density at radius 2 is 1.09 bits per heavy atom. The van der Waals surface area contributed by atoms with Crippen LogP contribution in [0.1, 0.15) is 152 Å². The lowest BCUT2D eigenvalue weighted by atomic mass is 9.75. The molecule has 3 aliphatic rings. The van der Waals surface area contributed by atoms with Crippen molar-refractivity contribution < 1.29 is 14.3 Å². The molecule has 3 aliphatic carbocycles. The van der Waals surface area contributed by atoms with E-state index < -0.39 is 11.8 Å². The minimum atomic E-state index is -0.547. The standard InChI is InChI=1S/C29H44O3/c1-29(2,3)32-28(30)31-27-25(22-15-9-5-10-16-22)19-24(21-13-7-4-8-14-21)20-26(27)23-17-11-6-12-18-23/h19-23H,4-18H2,1-3H3. The van der Waals surface area contributed by atoms with Crippen molar-refractivity contribution in [3.63, 3.8) is 0 Å². The fraction of sp³-hybridized carbons (Fsp3) is 0.759. The summed E-state index contributed by atoms with van der Waals surface area (Å²) in [4.78, 5) is 12.8. The quantitative estimate of drug-likeness (QED) is 0.346. The summed E-state index contributed by atoms with van der Waals surface area (Å²) in [6.07, 6.45) is 18.8. The number of carbonyl (C=O) groups excluding carboxylic acids is 1. The van der Waals surface area contributed by atoms with Crippen LogP contribution in [0.3, 0.4) is 0 Å². The lowest BCUT2D eigenvalue weighted by Gasteiger charge is -2.32. The Hall–Kier alpha value is -1.51. The molecule has 32 heavy (non-hydrogen) atoms. The van der Waals surface area contributed by atoms with Gasteiger partial charge in [-0.2, -0.15) is 0 Å². The first-order valence-corrected chi connectivity index (χ1v) is 13.5. The lowest BCUT2D eigenvalue weighted by Crippen LogP contribution is -2.27. The first-order chi connectivity index (χ1) is 15.4. The number of hydrogen-bond acceptors (Lipinski definition) is 3. The molecule has 4 rings (SSSR count). The highest BCUT2D eigenvalue weighted by Crippen LogP contribution is 2.47. The predicted molar refractivity (Wildman–Crippen MR) is 131 cm³/mol. The molecule has 0 spiro atoms. The van der Waals surface area contributed by atoms with E-state index in [1.54, 1.807) is 0 Å². The fourth-order valence-electron chi connectivity index (χ4n) is 6.28. The predicted octanol–water partition coefficient (Wildman–Crippen LogP) is 9.14. The van der Waals surface area contributed by atoms with Gasteiger partial charge >= 0.3 is 6.16 Å². The number of carbonyl (C=O) groups is 1. The van der Waals surface area contributed by atoms with Crippen LogP contribution in [-0.4, -0.2) is 11.8 Å². The van der Waals surface area contributed by atoms with Crippen molar-refractivity contribution in [2.24, 2.45) is 0 Å². The van der Waals surface area contributed by atoms with E-state index in [0.717, 1.165) is 5.75 Å². The summed E-state index contributed by atoms with van der Waals surface area (Å²) in [6.45, 7) is 5.72. The van der Waals surface area contributed by atoms with Crippen molar-refractivity contribution in [2.75, 3.05) is 0 Å². The summed E-state index contributed by atoms with van der Waals surface area (Å²) in [5.74, 6) is 2.54. The monoisotopic (exact) mass is 440 g/mol. The van der Waals surface area contributed by atoms with E-state index in [-0.39, 0.29) is 0 Å². The van der Waals surface area contributed by atoms with Crippen LogP contribution in [0.15, 0.2) is 12.1 Å². The zero-order chi connectivity index (χ0) is 22.6. The Balaban J connectivity index is 1.75. The van der Waals surface area contributed by atoms with Gasteiger partial charge in [0.25, 0.3) is 0 Å². The van der Waals surface area contributed by atoms with Gasteiger partial charge in [-0.15, -0.1) is 0 Å². The summed E-state index contributed by atoms with van der Waals surface area (Å²) in [5, 5.41) is 0. The summed E-state index contributed by atoms with van der Waals surface area (Å²) in [6, 6.07) is 4.88. The van der Waals surface area contributed by atoms with Crippen LogP contribution in [0.5, 0.6) is 5.75 Å². The van der Waals surface area contributed by atoms with Gasteiger partial charge in [0.15, 0.2) is 0 Å². The Kier molecular flexibility index (Phi) is 7.84. The topological polar surface area (TPSA) is 35.5 Å². The molecule has 0 aromatic heterocycles. The van der Waals surface area contributed by atoms with Crippen molar-refractivity contribution in [3.8, 4) is 5.75 Å². The lowest BCUT2D eigenvalue weighted by molar-refractivity contribution is 0.0200. The molecule has 3 fully saturated rings. The van der Waals surface area contributed by atoms with Crippen molar-refractivity contribution >= 4 is 6.16 Å². The SMILES string of the molecule is CC(C)(C)OC(=O)Oc1c(C2CCCCC2)cc(C2CCCCC2)cc1C1CCCCC1. The van der Waals surface area contributed by atoms with Gasteiger partial charge in [0, 0.05) is 0 Å². The molecule has 3 heteroatoms. The van der Waals surface area contributed by atoms with E-state index in [9.17, 15) is 4.79 Å². The average molecular weight is 441 g/mol. The van der Waals surface area contributed by atoms with Crippen LogP contribution in [0.2, 0.25) is 0 Å². The van der Waals surface area contributed by atoms with Crippen molar-refractivity contribution in [1.29, 1.82) is 0 Å². The molecule has 0 radical (unpaired) electrons. The molecule has 0 atom stereocenters. The maximum Gasteiger partial charge on any atom is 0.514 e. The van der Waals surface area contributed by atoms with E-state index in [2.05, 4.69) is 12.1 Å². The zero-order valence-electron chi connectivity index (χ0n) is 20.7. The minimum absolute atomic E-state index is 0.507. The van der Waals surface area contributed by atoms with Gasteiger partial charge < -0.3 is 9.47 Å². The summed E-state index contributed by atoms with van der Waals surface area (Å²) >= 11 is 0. The second-order valence-corrected chi connectivity index (χ2v) is 11.6. The molecular weight excluding hydrogens is 396 g/mol. The number of rotatable bonds is 4. The number of hydrogen-bond donors (Lipinski definition) is 0. The zero-order valence-corrected chi connectivity index (χ0v) is 20.7. The molecule has 0 heterocycles. The van der Waals surface area contributed by atoms with Crippen LogP contribution in [-0.2, 0) is 4.74 Å². The largest absolute Gasteiger partial charge is 0.514 e. The van der Waals surface area contributed by atoms with Crippen molar-refractivity contribution in [2.45, 2.75) is 140 Å². The molecule has 0 aliphatic heterocycles.